The van der Waals surface area contributed by atoms with Crippen LogP contribution in [0.3, 0.4) is 0 Å². The van der Waals surface area contributed by atoms with Crippen molar-refractivity contribution < 1.29 is 18.0 Å². The molecule has 30 heavy (non-hydrogen) atoms. The highest BCUT2D eigenvalue weighted by Crippen LogP contribution is 2.25. The summed E-state index contributed by atoms with van der Waals surface area (Å²) in [7, 11) is -3.13. The summed E-state index contributed by atoms with van der Waals surface area (Å²) in [6, 6.07) is 8.04. The summed E-state index contributed by atoms with van der Waals surface area (Å²) >= 11 is 0. The molecule has 2 fully saturated rings. The number of ketones is 1. The van der Waals surface area contributed by atoms with Gasteiger partial charge in [0.25, 0.3) is 0 Å². The number of Topliss-reactive ketones (excluding diaryl/α,β-unsaturated/α-hetero) is 1. The second-order valence-corrected chi connectivity index (χ2v) is 12.4. The van der Waals surface area contributed by atoms with Crippen LogP contribution in [0.15, 0.2) is 24.3 Å². The highest BCUT2D eigenvalue weighted by molar-refractivity contribution is 7.92. The first-order chi connectivity index (χ1) is 14.0. The fourth-order valence-corrected chi connectivity index (χ4v) is 5.49. The summed E-state index contributed by atoms with van der Waals surface area (Å²) < 4.78 is 24.1. The lowest BCUT2D eigenvalue weighted by Crippen LogP contribution is -2.42. The quantitative estimate of drug-likeness (QED) is 0.712. The Balaban J connectivity index is 1.48. The van der Waals surface area contributed by atoms with Gasteiger partial charge in [0.2, 0.25) is 5.91 Å². The molecule has 1 aromatic rings. The normalized spacial score (nSPS) is 19.2. The summed E-state index contributed by atoms with van der Waals surface area (Å²) in [4.78, 5) is 28.2. The van der Waals surface area contributed by atoms with Crippen LogP contribution in [0.2, 0.25) is 0 Å². The van der Waals surface area contributed by atoms with Crippen LogP contribution in [0.5, 0.6) is 0 Å². The van der Waals surface area contributed by atoms with Gasteiger partial charge in [0, 0.05) is 44.7 Å². The second kappa shape index (κ2) is 9.08. The number of rotatable bonds is 5. The minimum Gasteiger partial charge on any atom is -0.371 e. The van der Waals surface area contributed by atoms with E-state index in [2.05, 4.69) is 4.90 Å². The number of carbonyl (C=O) groups is 2. The van der Waals surface area contributed by atoms with Gasteiger partial charge in [-0.2, -0.15) is 0 Å². The van der Waals surface area contributed by atoms with Crippen LogP contribution in [-0.2, 0) is 25.8 Å². The molecule has 3 rings (SSSR count). The first-order valence-electron chi connectivity index (χ1n) is 10.9. The van der Waals surface area contributed by atoms with E-state index in [0.29, 0.717) is 38.1 Å². The maximum atomic E-state index is 12.7. The predicted octanol–water partition coefficient (Wildman–Crippen LogP) is 2.85. The molecular formula is C23H34N2O4S. The predicted molar refractivity (Wildman–Crippen MR) is 119 cm³/mol. The molecule has 0 aromatic heterocycles. The van der Waals surface area contributed by atoms with Crippen molar-refractivity contribution in [2.45, 2.75) is 57.6 Å². The van der Waals surface area contributed by atoms with Crippen molar-refractivity contribution in [2.24, 2.45) is 5.92 Å². The molecule has 0 saturated carbocycles. The lowest BCUT2D eigenvalue weighted by molar-refractivity contribution is -0.131. The zero-order chi connectivity index (χ0) is 21.9. The van der Waals surface area contributed by atoms with E-state index >= 15 is 0 Å². The number of piperidine rings is 2. The van der Waals surface area contributed by atoms with Gasteiger partial charge in [-0.25, -0.2) is 8.42 Å². The van der Waals surface area contributed by atoms with Crippen molar-refractivity contribution >= 4 is 27.2 Å². The van der Waals surface area contributed by atoms with E-state index in [1.165, 1.54) is 0 Å². The van der Waals surface area contributed by atoms with Crippen molar-refractivity contribution in [3.8, 4) is 0 Å². The van der Waals surface area contributed by atoms with Gasteiger partial charge in [-0.1, -0.05) is 12.1 Å². The van der Waals surface area contributed by atoms with Gasteiger partial charge < -0.3 is 9.80 Å². The van der Waals surface area contributed by atoms with Gasteiger partial charge in [0.1, 0.15) is 5.78 Å². The fourth-order valence-electron chi connectivity index (χ4n) is 4.03. The van der Waals surface area contributed by atoms with Crippen LogP contribution in [0.4, 0.5) is 5.69 Å². The first kappa shape index (κ1) is 22.8. The molecule has 2 aliphatic heterocycles. The summed E-state index contributed by atoms with van der Waals surface area (Å²) in [5, 5.41) is 0. The van der Waals surface area contributed by atoms with Gasteiger partial charge in [-0.15, -0.1) is 0 Å². The van der Waals surface area contributed by atoms with Crippen LogP contribution in [-0.4, -0.2) is 61.7 Å². The Morgan fingerprint density at radius 2 is 1.57 bits per heavy atom. The van der Waals surface area contributed by atoms with Crippen LogP contribution in [0.1, 0.15) is 52.0 Å². The lowest BCUT2D eigenvalue weighted by Gasteiger charge is -2.33. The molecule has 2 heterocycles. The molecule has 166 valence electrons. The van der Waals surface area contributed by atoms with E-state index in [0.717, 1.165) is 37.2 Å². The van der Waals surface area contributed by atoms with Gasteiger partial charge in [-0.3, -0.25) is 9.59 Å². The first-order valence-corrected chi connectivity index (χ1v) is 12.6. The highest BCUT2D eigenvalue weighted by atomic mass is 32.2. The molecule has 2 aliphatic rings. The zero-order valence-electron chi connectivity index (χ0n) is 18.4. The average molecular weight is 435 g/mol. The van der Waals surface area contributed by atoms with Gasteiger partial charge >= 0.3 is 0 Å². The number of hydrogen-bond acceptors (Lipinski definition) is 5. The topological polar surface area (TPSA) is 74.8 Å². The van der Waals surface area contributed by atoms with Crippen molar-refractivity contribution in [1.29, 1.82) is 0 Å². The fraction of sp³-hybridized carbons (Fsp3) is 0.652. The Morgan fingerprint density at radius 1 is 1.00 bits per heavy atom. The lowest BCUT2D eigenvalue weighted by atomic mass is 9.98. The smallest absolute Gasteiger partial charge is 0.226 e. The number of amides is 1. The second-order valence-electron chi connectivity index (χ2n) is 9.59. The Morgan fingerprint density at radius 3 is 2.10 bits per heavy atom. The van der Waals surface area contributed by atoms with E-state index in [4.69, 9.17) is 0 Å². The maximum Gasteiger partial charge on any atom is 0.226 e. The minimum atomic E-state index is -3.13. The Hall–Kier alpha value is -1.89. The maximum absolute atomic E-state index is 12.7. The molecule has 1 amide bonds. The molecule has 2 saturated heterocycles. The number of hydrogen-bond donors (Lipinski definition) is 0. The van der Waals surface area contributed by atoms with Gasteiger partial charge in [0.05, 0.1) is 16.9 Å². The largest absolute Gasteiger partial charge is 0.371 e. The summed E-state index contributed by atoms with van der Waals surface area (Å²) in [5.41, 5.74) is 2.08. The Kier molecular flexibility index (Phi) is 6.90. The van der Waals surface area contributed by atoms with Crippen molar-refractivity contribution in [1.82, 2.24) is 4.90 Å². The third-order valence-corrected chi connectivity index (χ3v) is 9.11. The van der Waals surface area contributed by atoms with E-state index in [9.17, 15) is 18.0 Å². The number of nitrogens with zero attached hydrogens (tertiary/aromatic N) is 2. The number of sulfone groups is 1. The minimum absolute atomic E-state index is 0.100. The standard InChI is InChI=1S/C23H34N2O4S/c1-23(2,3)30(28,29)17-19-8-12-25(13-9-19)22(27)16-18-4-6-20(7-5-18)24-14-10-21(26)11-15-24/h4-7,19H,8-17H2,1-3H3. The van der Waals surface area contributed by atoms with Crippen LogP contribution >= 0.6 is 0 Å². The summed E-state index contributed by atoms with van der Waals surface area (Å²) in [5.74, 6) is 0.771. The number of benzene rings is 1. The van der Waals surface area contributed by atoms with Gasteiger partial charge in [0.15, 0.2) is 9.84 Å². The Labute approximate surface area is 180 Å². The third kappa shape index (κ3) is 5.62. The average Bonchev–Trinajstić information content (AvgIpc) is 2.68. The van der Waals surface area contributed by atoms with E-state index in [-0.39, 0.29) is 17.6 Å². The van der Waals surface area contributed by atoms with E-state index in [1.807, 2.05) is 29.2 Å². The monoisotopic (exact) mass is 434 g/mol. The van der Waals surface area contributed by atoms with Gasteiger partial charge in [-0.05, 0) is 57.2 Å². The molecule has 1 aromatic carbocycles. The van der Waals surface area contributed by atoms with E-state index in [1.54, 1.807) is 20.8 Å². The van der Waals surface area contributed by atoms with Crippen LogP contribution in [0.25, 0.3) is 0 Å². The molecule has 0 spiro atoms. The van der Waals surface area contributed by atoms with Crippen molar-refractivity contribution in [2.75, 3.05) is 36.8 Å². The molecule has 0 radical (unpaired) electrons. The summed E-state index contributed by atoms with van der Waals surface area (Å²) in [6.07, 6.45) is 3.06. The molecule has 0 bridgehead atoms. The number of carbonyl (C=O) groups excluding carboxylic acids is 2. The molecule has 0 aliphatic carbocycles. The van der Waals surface area contributed by atoms with Crippen molar-refractivity contribution in [3.05, 3.63) is 29.8 Å². The van der Waals surface area contributed by atoms with E-state index < -0.39 is 14.6 Å². The molecule has 6 nitrogen and oxygen atoms in total. The molecule has 0 atom stereocenters. The number of likely N-dealkylation sites (tertiary alicyclic amines) is 1. The highest BCUT2D eigenvalue weighted by Gasteiger charge is 2.33. The molecule has 7 heteroatoms. The zero-order valence-corrected chi connectivity index (χ0v) is 19.2. The Bertz CT molecular complexity index is 853. The number of anilines is 1. The summed E-state index contributed by atoms with van der Waals surface area (Å²) in [6.45, 7) is 8.02. The molecular weight excluding hydrogens is 400 g/mol. The van der Waals surface area contributed by atoms with Crippen molar-refractivity contribution in [3.63, 3.8) is 0 Å². The SMILES string of the molecule is CC(C)(C)S(=O)(=O)CC1CCN(C(=O)Cc2ccc(N3CCC(=O)CC3)cc2)CC1. The third-order valence-electron chi connectivity index (χ3n) is 6.33. The van der Waals surface area contributed by atoms with Crippen LogP contribution < -0.4 is 4.90 Å². The molecule has 0 N–H and O–H groups in total. The molecule has 0 unspecified atom stereocenters. The van der Waals surface area contributed by atoms with Crippen LogP contribution in [0, 0.1) is 5.92 Å².